The van der Waals surface area contributed by atoms with Crippen LogP contribution in [0.4, 0.5) is 0 Å². The number of carboxylic acid groups (broad SMARTS) is 1. The highest BCUT2D eigenvalue weighted by Crippen LogP contribution is 2.06. The zero-order valence-electron chi connectivity index (χ0n) is 11.3. The number of carbonyl (C=O) groups excluding carboxylic acids is 2. The molecule has 2 amide bonds. The van der Waals surface area contributed by atoms with Gasteiger partial charge in [0, 0.05) is 12.8 Å². The quantitative estimate of drug-likeness (QED) is 0.673. The van der Waals surface area contributed by atoms with Crippen molar-refractivity contribution in [3.05, 3.63) is 35.9 Å². The predicted molar refractivity (Wildman–Crippen MR) is 72.5 cm³/mol. The van der Waals surface area contributed by atoms with Crippen LogP contribution in [0.15, 0.2) is 30.3 Å². The number of amides is 2. The van der Waals surface area contributed by atoms with Crippen molar-refractivity contribution < 1.29 is 19.5 Å². The lowest BCUT2D eigenvalue weighted by atomic mass is 10.0. The molecule has 3 N–H and O–H groups in total. The molecule has 0 heterocycles. The average molecular weight is 278 g/mol. The minimum atomic E-state index is -0.946. The minimum Gasteiger partial charge on any atom is -0.481 e. The average Bonchev–Trinajstić information content (AvgIpc) is 2.36. The Morgan fingerprint density at radius 2 is 1.65 bits per heavy atom. The van der Waals surface area contributed by atoms with Crippen molar-refractivity contribution in [3.63, 3.8) is 0 Å². The van der Waals surface area contributed by atoms with Gasteiger partial charge < -0.3 is 5.11 Å². The second kappa shape index (κ2) is 7.93. The van der Waals surface area contributed by atoms with Crippen molar-refractivity contribution in [1.29, 1.82) is 0 Å². The Labute approximate surface area is 117 Å². The van der Waals surface area contributed by atoms with Gasteiger partial charge in [-0.05, 0) is 11.5 Å². The van der Waals surface area contributed by atoms with Crippen molar-refractivity contribution in [1.82, 2.24) is 10.9 Å². The summed E-state index contributed by atoms with van der Waals surface area (Å²) in [6.45, 7) is 1.67. The molecule has 0 saturated carbocycles. The van der Waals surface area contributed by atoms with Crippen LogP contribution in [-0.4, -0.2) is 22.9 Å². The van der Waals surface area contributed by atoms with E-state index in [4.69, 9.17) is 5.11 Å². The van der Waals surface area contributed by atoms with Gasteiger partial charge in [0.1, 0.15) is 0 Å². The van der Waals surface area contributed by atoms with Crippen LogP contribution in [0.5, 0.6) is 0 Å². The summed E-state index contributed by atoms with van der Waals surface area (Å²) in [5.74, 6) is -1.95. The fourth-order valence-corrected chi connectivity index (χ4v) is 1.70. The third-order valence-electron chi connectivity index (χ3n) is 2.61. The molecule has 0 bridgehead atoms. The maximum Gasteiger partial charge on any atom is 0.303 e. The Balaban J connectivity index is 2.27. The van der Waals surface area contributed by atoms with Gasteiger partial charge in [-0.1, -0.05) is 37.3 Å². The molecule has 108 valence electrons. The Bertz CT molecular complexity index is 473. The highest BCUT2D eigenvalue weighted by molar-refractivity contribution is 5.83. The van der Waals surface area contributed by atoms with Crippen LogP contribution >= 0.6 is 0 Å². The van der Waals surface area contributed by atoms with Gasteiger partial charge in [-0.2, -0.15) is 0 Å². The number of carboxylic acids is 1. The smallest absolute Gasteiger partial charge is 0.303 e. The topological polar surface area (TPSA) is 95.5 Å². The standard InChI is InChI=1S/C14H18N2O4/c1-10(8-14(19)20)7-12(17)15-16-13(18)9-11-5-3-2-4-6-11/h2-6,10H,7-9H2,1H3,(H,15,17)(H,16,18)(H,19,20). The molecule has 20 heavy (non-hydrogen) atoms. The first-order chi connectivity index (χ1) is 9.47. The molecule has 0 fully saturated rings. The fraction of sp³-hybridized carbons (Fsp3) is 0.357. The Kier molecular flexibility index (Phi) is 6.22. The van der Waals surface area contributed by atoms with Gasteiger partial charge in [-0.3, -0.25) is 25.2 Å². The third-order valence-corrected chi connectivity index (χ3v) is 2.61. The van der Waals surface area contributed by atoms with Crippen molar-refractivity contribution in [2.45, 2.75) is 26.2 Å². The lowest BCUT2D eigenvalue weighted by Gasteiger charge is -2.10. The zero-order chi connectivity index (χ0) is 15.0. The maximum absolute atomic E-state index is 11.6. The molecule has 1 atom stereocenters. The highest BCUT2D eigenvalue weighted by atomic mass is 16.4. The normalized spacial score (nSPS) is 11.4. The molecule has 0 saturated heterocycles. The van der Waals surface area contributed by atoms with E-state index in [9.17, 15) is 14.4 Å². The third kappa shape index (κ3) is 6.53. The van der Waals surface area contributed by atoms with E-state index in [2.05, 4.69) is 10.9 Å². The number of hydrogen-bond acceptors (Lipinski definition) is 3. The molecule has 0 aliphatic rings. The summed E-state index contributed by atoms with van der Waals surface area (Å²) in [7, 11) is 0. The van der Waals surface area contributed by atoms with Crippen LogP contribution in [0.25, 0.3) is 0 Å². The first-order valence-electron chi connectivity index (χ1n) is 6.30. The molecule has 1 aromatic rings. The van der Waals surface area contributed by atoms with Crippen molar-refractivity contribution in [3.8, 4) is 0 Å². The first-order valence-corrected chi connectivity index (χ1v) is 6.30. The molecule has 0 aromatic heterocycles. The largest absolute Gasteiger partial charge is 0.481 e. The van der Waals surface area contributed by atoms with E-state index in [0.717, 1.165) is 5.56 Å². The van der Waals surface area contributed by atoms with Crippen LogP contribution in [0.2, 0.25) is 0 Å². The van der Waals surface area contributed by atoms with Gasteiger partial charge in [-0.25, -0.2) is 0 Å². The highest BCUT2D eigenvalue weighted by Gasteiger charge is 2.13. The Hall–Kier alpha value is -2.37. The van der Waals surface area contributed by atoms with Crippen LogP contribution in [0, 0.1) is 5.92 Å². The van der Waals surface area contributed by atoms with Gasteiger partial charge in [0.15, 0.2) is 0 Å². The number of rotatable bonds is 6. The number of carbonyl (C=O) groups is 3. The van der Waals surface area contributed by atoms with E-state index in [0.29, 0.717) is 0 Å². The summed E-state index contributed by atoms with van der Waals surface area (Å²) in [6.07, 6.45) is 0.148. The Morgan fingerprint density at radius 3 is 2.25 bits per heavy atom. The van der Waals surface area contributed by atoms with Crippen LogP contribution < -0.4 is 10.9 Å². The summed E-state index contributed by atoms with van der Waals surface area (Å²) in [6, 6.07) is 9.14. The number of aliphatic carboxylic acids is 1. The summed E-state index contributed by atoms with van der Waals surface area (Å²) >= 11 is 0. The molecule has 1 aromatic carbocycles. The maximum atomic E-state index is 11.6. The molecule has 0 radical (unpaired) electrons. The van der Waals surface area contributed by atoms with Crippen molar-refractivity contribution >= 4 is 17.8 Å². The second-order valence-electron chi connectivity index (χ2n) is 4.67. The molecule has 0 spiro atoms. The zero-order valence-corrected chi connectivity index (χ0v) is 11.3. The number of benzene rings is 1. The molecule has 1 rings (SSSR count). The van der Waals surface area contributed by atoms with Gasteiger partial charge in [0.25, 0.3) is 0 Å². The number of nitrogens with one attached hydrogen (secondary N) is 2. The molecule has 0 aliphatic heterocycles. The number of hydrazine groups is 1. The van der Waals surface area contributed by atoms with Crippen molar-refractivity contribution in [2.24, 2.45) is 5.92 Å². The molecular formula is C14H18N2O4. The van der Waals surface area contributed by atoms with Gasteiger partial charge in [0.05, 0.1) is 6.42 Å². The molecule has 6 nitrogen and oxygen atoms in total. The van der Waals surface area contributed by atoms with E-state index in [1.54, 1.807) is 6.92 Å². The summed E-state index contributed by atoms with van der Waals surface area (Å²) in [5.41, 5.74) is 5.42. The molecule has 0 aliphatic carbocycles. The first kappa shape index (κ1) is 15.7. The predicted octanol–water partition coefficient (Wildman–Crippen LogP) is 0.877. The van der Waals surface area contributed by atoms with Crippen molar-refractivity contribution in [2.75, 3.05) is 0 Å². The summed E-state index contributed by atoms with van der Waals surface area (Å²) < 4.78 is 0. The van der Waals surface area contributed by atoms with Gasteiger partial charge >= 0.3 is 5.97 Å². The monoisotopic (exact) mass is 278 g/mol. The van der Waals surface area contributed by atoms with E-state index >= 15 is 0 Å². The van der Waals surface area contributed by atoms with Crippen LogP contribution in [0.3, 0.4) is 0 Å². The van der Waals surface area contributed by atoms with E-state index in [-0.39, 0.29) is 31.1 Å². The molecule has 1 unspecified atom stereocenters. The van der Waals surface area contributed by atoms with Crippen LogP contribution in [0.1, 0.15) is 25.3 Å². The second-order valence-corrected chi connectivity index (χ2v) is 4.67. The van der Waals surface area contributed by atoms with E-state index < -0.39 is 11.9 Å². The van der Waals surface area contributed by atoms with Gasteiger partial charge in [-0.15, -0.1) is 0 Å². The SMILES string of the molecule is CC(CC(=O)O)CC(=O)NNC(=O)Cc1ccccc1. The van der Waals surface area contributed by atoms with E-state index in [1.165, 1.54) is 0 Å². The molecule has 6 heteroatoms. The lowest BCUT2D eigenvalue weighted by molar-refractivity contribution is -0.138. The minimum absolute atomic E-state index is 0.0535. The van der Waals surface area contributed by atoms with E-state index in [1.807, 2.05) is 30.3 Å². The Morgan fingerprint density at radius 1 is 1.05 bits per heavy atom. The fourth-order valence-electron chi connectivity index (χ4n) is 1.70. The summed E-state index contributed by atoms with van der Waals surface area (Å²) in [4.78, 5) is 33.5. The molecular weight excluding hydrogens is 260 g/mol. The number of hydrogen-bond donors (Lipinski definition) is 3. The van der Waals surface area contributed by atoms with Gasteiger partial charge in [0.2, 0.25) is 11.8 Å². The van der Waals surface area contributed by atoms with Crippen LogP contribution in [-0.2, 0) is 20.8 Å². The lowest BCUT2D eigenvalue weighted by Crippen LogP contribution is -2.42. The summed E-state index contributed by atoms with van der Waals surface area (Å²) in [5, 5.41) is 8.58.